The highest BCUT2D eigenvalue weighted by molar-refractivity contribution is 5.81. The highest BCUT2D eigenvalue weighted by atomic mass is 16.2. The standard InChI is InChI=1S/C14H21N3O.CH4O/c1-13(2,3)12(18)17-9-10-4-5-11(16-8-10)14(15)6-7-14;1-2/h4-5,8H,6-7,9,15H2,1-3H3,(H,17,18);2H,1H3. The van der Waals surface area contributed by atoms with Crippen LogP contribution in [0.3, 0.4) is 0 Å². The molecule has 1 fully saturated rings. The maximum atomic E-state index is 11.7. The summed E-state index contributed by atoms with van der Waals surface area (Å²) in [6.45, 7) is 6.21. The molecule has 0 bridgehead atoms. The van der Waals surface area contributed by atoms with E-state index in [4.69, 9.17) is 10.8 Å². The Kier molecular flexibility index (Phi) is 5.25. The van der Waals surface area contributed by atoms with Crippen molar-refractivity contribution in [2.45, 2.75) is 45.7 Å². The highest BCUT2D eigenvalue weighted by Gasteiger charge is 2.41. The molecule has 112 valence electrons. The van der Waals surface area contributed by atoms with Crippen LogP contribution in [0.1, 0.15) is 44.9 Å². The molecule has 0 aromatic carbocycles. The molecule has 2 rings (SSSR count). The molecule has 5 nitrogen and oxygen atoms in total. The van der Waals surface area contributed by atoms with Crippen LogP contribution >= 0.6 is 0 Å². The highest BCUT2D eigenvalue weighted by Crippen LogP contribution is 2.41. The summed E-state index contributed by atoms with van der Waals surface area (Å²) in [5, 5.41) is 9.90. The Labute approximate surface area is 120 Å². The minimum atomic E-state index is -0.358. The van der Waals surface area contributed by atoms with Gasteiger partial charge in [0.05, 0.1) is 11.2 Å². The van der Waals surface area contributed by atoms with Crippen LogP contribution in [-0.4, -0.2) is 23.1 Å². The molecule has 1 aromatic rings. The van der Waals surface area contributed by atoms with Crippen molar-refractivity contribution in [2.24, 2.45) is 11.1 Å². The van der Waals surface area contributed by atoms with Crippen molar-refractivity contribution in [3.05, 3.63) is 29.6 Å². The molecule has 0 unspecified atom stereocenters. The Morgan fingerprint density at radius 2 is 2.00 bits per heavy atom. The summed E-state index contributed by atoms with van der Waals surface area (Å²) in [5.41, 5.74) is 7.47. The van der Waals surface area contributed by atoms with Crippen molar-refractivity contribution in [3.63, 3.8) is 0 Å². The van der Waals surface area contributed by atoms with E-state index in [0.29, 0.717) is 6.54 Å². The topological polar surface area (TPSA) is 88.2 Å². The van der Waals surface area contributed by atoms with Gasteiger partial charge in [-0.05, 0) is 24.5 Å². The van der Waals surface area contributed by atoms with Crippen LogP contribution < -0.4 is 11.1 Å². The van der Waals surface area contributed by atoms with Crippen LogP contribution in [0.5, 0.6) is 0 Å². The normalized spacial score (nSPS) is 15.9. The third kappa shape index (κ3) is 4.28. The number of aliphatic hydroxyl groups excluding tert-OH is 1. The van der Waals surface area contributed by atoms with E-state index >= 15 is 0 Å². The largest absolute Gasteiger partial charge is 0.400 e. The third-order valence-electron chi connectivity index (χ3n) is 3.26. The lowest BCUT2D eigenvalue weighted by molar-refractivity contribution is -0.128. The van der Waals surface area contributed by atoms with Crippen LogP contribution in [0.25, 0.3) is 0 Å². The summed E-state index contributed by atoms with van der Waals surface area (Å²) in [7, 11) is 1.00. The lowest BCUT2D eigenvalue weighted by atomic mass is 9.95. The number of amides is 1. The number of nitrogens with one attached hydrogen (secondary N) is 1. The summed E-state index contributed by atoms with van der Waals surface area (Å²) < 4.78 is 0. The molecule has 1 aromatic heterocycles. The number of rotatable bonds is 3. The molecule has 1 heterocycles. The number of aliphatic hydroxyl groups is 1. The number of carbonyl (C=O) groups excluding carboxylic acids is 1. The van der Waals surface area contributed by atoms with Gasteiger partial charge >= 0.3 is 0 Å². The van der Waals surface area contributed by atoms with Gasteiger partial charge < -0.3 is 16.2 Å². The average Bonchev–Trinajstić information content (AvgIpc) is 3.17. The summed E-state index contributed by atoms with van der Waals surface area (Å²) in [4.78, 5) is 16.1. The lowest BCUT2D eigenvalue weighted by Gasteiger charge is -2.17. The maximum Gasteiger partial charge on any atom is 0.225 e. The SMILES string of the molecule is CC(C)(C)C(=O)NCc1ccc(C2(N)CC2)nc1.CO. The first-order valence-electron chi connectivity index (χ1n) is 6.79. The van der Waals surface area contributed by atoms with Crippen LogP contribution in [-0.2, 0) is 16.9 Å². The Morgan fingerprint density at radius 1 is 1.40 bits per heavy atom. The number of carbonyl (C=O) groups is 1. The van der Waals surface area contributed by atoms with Crippen LogP contribution in [0.2, 0.25) is 0 Å². The first-order valence-corrected chi connectivity index (χ1v) is 6.79. The van der Waals surface area contributed by atoms with Gasteiger partial charge in [0, 0.05) is 25.3 Å². The van der Waals surface area contributed by atoms with E-state index in [2.05, 4.69) is 10.3 Å². The second-order valence-corrected chi connectivity index (χ2v) is 6.14. The van der Waals surface area contributed by atoms with Crippen LogP contribution in [0.15, 0.2) is 18.3 Å². The fourth-order valence-corrected chi connectivity index (χ4v) is 1.66. The predicted octanol–water partition coefficient (Wildman–Crippen LogP) is 1.30. The molecule has 5 heteroatoms. The van der Waals surface area contributed by atoms with Gasteiger partial charge in [-0.15, -0.1) is 0 Å². The summed E-state index contributed by atoms with van der Waals surface area (Å²) in [5.74, 6) is 0.0454. The van der Waals surface area contributed by atoms with Gasteiger partial charge in [0.2, 0.25) is 5.91 Å². The van der Waals surface area contributed by atoms with Gasteiger partial charge in [0.25, 0.3) is 0 Å². The van der Waals surface area contributed by atoms with Crippen molar-refractivity contribution in [3.8, 4) is 0 Å². The van der Waals surface area contributed by atoms with Crippen LogP contribution in [0.4, 0.5) is 0 Å². The lowest BCUT2D eigenvalue weighted by Crippen LogP contribution is -2.34. The molecule has 0 spiro atoms. The van der Waals surface area contributed by atoms with E-state index in [0.717, 1.165) is 31.2 Å². The van der Waals surface area contributed by atoms with Crippen molar-refractivity contribution in [2.75, 3.05) is 7.11 Å². The van der Waals surface area contributed by atoms with Gasteiger partial charge in [-0.2, -0.15) is 0 Å². The second-order valence-electron chi connectivity index (χ2n) is 6.14. The Bertz CT molecular complexity index is 445. The molecule has 0 atom stereocenters. The van der Waals surface area contributed by atoms with Crippen molar-refractivity contribution >= 4 is 5.91 Å². The van der Waals surface area contributed by atoms with Gasteiger partial charge in [-0.1, -0.05) is 26.8 Å². The van der Waals surface area contributed by atoms with E-state index < -0.39 is 0 Å². The van der Waals surface area contributed by atoms with E-state index in [1.165, 1.54) is 0 Å². The first-order chi connectivity index (χ1) is 9.31. The van der Waals surface area contributed by atoms with Gasteiger partial charge in [0.1, 0.15) is 0 Å². The minimum Gasteiger partial charge on any atom is -0.400 e. The zero-order chi connectivity index (χ0) is 15.4. The molecule has 0 radical (unpaired) electrons. The number of nitrogens with two attached hydrogens (primary N) is 1. The smallest absolute Gasteiger partial charge is 0.225 e. The summed E-state index contributed by atoms with van der Waals surface area (Å²) >= 11 is 0. The second kappa shape index (κ2) is 6.33. The van der Waals surface area contributed by atoms with Crippen LogP contribution in [0, 0.1) is 5.41 Å². The molecule has 1 saturated carbocycles. The van der Waals surface area contributed by atoms with Gasteiger partial charge in [-0.25, -0.2) is 0 Å². The quantitative estimate of drug-likeness (QED) is 0.778. The summed E-state index contributed by atoms with van der Waals surface area (Å²) in [6.07, 6.45) is 3.82. The monoisotopic (exact) mass is 279 g/mol. The Hall–Kier alpha value is -1.46. The zero-order valence-electron chi connectivity index (χ0n) is 12.7. The third-order valence-corrected chi connectivity index (χ3v) is 3.26. The molecule has 4 N–H and O–H groups in total. The number of hydrogen-bond donors (Lipinski definition) is 3. The van der Waals surface area contributed by atoms with E-state index in [-0.39, 0.29) is 16.9 Å². The molecular formula is C15H25N3O2. The van der Waals surface area contributed by atoms with E-state index in [1.54, 1.807) is 6.20 Å². The molecule has 20 heavy (non-hydrogen) atoms. The fourth-order valence-electron chi connectivity index (χ4n) is 1.66. The molecule has 1 aliphatic carbocycles. The molecule has 1 aliphatic rings. The first kappa shape index (κ1) is 16.6. The molecule has 0 aliphatic heterocycles. The van der Waals surface area contributed by atoms with Gasteiger partial charge in [-0.3, -0.25) is 9.78 Å². The number of pyridine rings is 1. The van der Waals surface area contributed by atoms with E-state index in [1.807, 2.05) is 32.9 Å². The summed E-state index contributed by atoms with van der Waals surface area (Å²) in [6, 6.07) is 3.95. The maximum absolute atomic E-state index is 11.7. The molecule has 0 saturated heterocycles. The van der Waals surface area contributed by atoms with E-state index in [9.17, 15) is 4.79 Å². The molecule has 1 amide bonds. The number of hydrogen-bond acceptors (Lipinski definition) is 4. The number of nitrogens with zero attached hydrogens (tertiary/aromatic N) is 1. The van der Waals surface area contributed by atoms with Crippen molar-refractivity contribution in [1.29, 1.82) is 0 Å². The average molecular weight is 279 g/mol. The predicted molar refractivity (Wildman–Crippen MR) is 78.8 cm³/mol. The van der Waals surface area contributed by atoms with Gasteiger partial charge in [0.15, 0.2) is 0 Å². The van der Waals surface area contributed by atoms with Crippen molar-refractivity contribution in [1.82, 2.24) is 10.3 Å². The molecular weight excluding hydrogens is 254 g/mol. The number of aromatic nitrogens is 1. The Balaban J connectivity index is 0.000000956. The fraction of sp³-hybridized carbons (Fsp3) is 0.600. The minimum absolute atomic E-state index is 0.0454. The zero-order valence-corrected chi connectivity index (χ0v) is 12.7. The Morgan fingerprint density at radius 3 is 2.40 bits per heavy atom. The van der Waals surface area contributed by atoms with Crippen molar-refractivity contribution < 1.29 is 9.90 Å².